The molecule has 78 heavy (non-hydrogen) atoms. The van der Waals surface area contributed by atoms with E-state index in [4.69, 9.17) is 0 Å². The second-order valence-corrected chi connectivity index (χ2v) is 22.0. The molecule has 0 saturated carbocycles. The first-order valence-corrected chi connectivity index (χ1v) is 27.7. The van der Waals surface area contributed by atoms with Crippen LogP contribution >= 0.6 is 0 Å². The van der Waals surface area contributed by atoms with Crippen LogP contribution in [0.25, 0.3) is 76.8 Å². The van der Waals surface area contributed by atoms with E-state index in [-0.39, 0.29) is 0 Å². The molecule has 2 heteroatoms. The summed E-state index contributed by atoms with van der Waals surface area (Å²) >= 11 is 0. The van der Waals surface area contributed by atoms with Crippen LogP contribution in [0, 0.1) is 27.7 Å². The Labute approximate surface area is 461 Å². The molecule has 0 heterocycles. The molecule has 0 bridgehead atoms. The summed E-state index contributed by atoms with van der Waals surface area (Å²) in [5, 5.41) is 7.20. The number of anilines is 6. The molecule has 0 amide bonds. The molecule has 0 atom stereocenters. The molecule has 12 aromatic carbocycles. The third-order valence-electron chi connectivity index (χ3n) is 16.0. The predicted octanol–water partition coefficient (Wildman–Crippen LogP) is 22.2. The van der Waals surface area contributed by atoms with Gasteiger partial charge in [-0.2, -0.15) is 0 Å². The Kier molecular flexibility index (Phi) is 13.3. The van der Waals surface area contributed by atoms with Crippen LogP contribution in [-0.4, -0.2) is 0 Å². The van der Waals surface area contributed by atoms with Gasteiger partial charge in [-0.05, 0) is 176 Å². The minimum Gasteiger partial charge on any atom is -0.310 e. The van der Waals surface area contributed by atoms with Crippen molar-refractivity contribution in [2.24, 2.45) is 0 Å². The second-order valence-electron chi connectivity index (χ2n) is 22.0. The minimum atomic E-state index is 0.486. The van der Waals surface area contributed by atoms with Crippen LogP contribution in [0.3, 0.4) is 0 Å². The van der Waals surface area contributed by atoms with Gasteiger partial charge in [0, 0.05) is 33.5 Å². The Balaban J connectivity index is 1.02. The first-order chi connectivity index (χ1) is 38.0. The zero-order valence-electron chi connectivity index (χ0n) is 46.1. The summed E-state index contributed by atoms with van der Waals surface area (Å²) in [6.07, 6.45) is 0. The van der Waals surface area contributed by atoms with E-state index in [9.17, 15) is 0 Å². The van der Waals surface area contributed by atoms with Gasteiger partial charge >= 0.3 is 0 Å². The fraction of sp³-hybridized carbons (Fsp3) is 0.132. The maximum absolute atomic E-state index is 2.49. The van der Waals surface area contributed by atoms with Gasteiger partial charge in [0.25, 0.3) is 0 Å². The van der Waals surface area contributed by atoms with Crippen molar-refractivity contribution in [2.75, 3.05) is 9.80 Å². The lowest BCUT2D eigenvalue weighted by atomic mass is 9.92. The predicted molar refractivity (Wildman–Crippen MR) is 337 cm³/mol. The van der Waals surface area contributed by atoms with Crippen molar-refractivity contribution in [3.05, 3.63) is 276 Å². The van der Waals surface area contributed by atoms with Gasteiger partial charge in [-0.1, -0.05) is 233 Å². The number of aryl methyl sites for hydroxylation is 4. The Morgan fingerprint density at radius 3 is 0.859 bits per heavy atom. The van der Waals surface area contributed by atoms with E-state index < -0.39 is 0 Å². The summed E-state index contributed by atoms with van der Waals surface area (Å²) < 4.78 is 0. The summed E-state index contributed by atoms with van der Waals surface area (Å²) in [7, 11) is 0. The standard InChI is InChI=1S/C76H66N2/c1-49(2)55-27-31-57(32-28-55)63-17-9-11-19-65(63)59-35-39-61(40-36-59)77(73-43-25-51(5)45-53(73)7)75-47-71-68-22-14-16-24-70(68)76(48-72(71)67-21-13-15-23-69(67)75)78(74-44-26-52(6)46-54(74)8)62-41-37-60(38-42-62)66-20-12-10-18-64(66)58-33-29-56(30-34-58)50(3)4/h9-50H,1-8H3. The van der Waals surface area contributed by atoms with Gasteiger partial charge in [0.05, 0.1) is 11.4 Å². The smallest absolute Gasteiger partial charge is 0.0546 e. The summed E-state index contributed by atoms with van der Waals surface area (Å²) in [4.78, 5) is 4.98. The van der Waals surface area contributed by atoms with Crippen molar-refractivity contribution in [3.8, 4) is 44.5 Å². The Morgan fingerprint density at radius 1 is 0.256 bits per heavy atom. The molecule has 0 spiro atoms. The van der Waals surface area contributed by atoms with Gasteiger partial charge in [-0.25, -0.2) is 0 Å². The van der Waals surface area contributed by atoms with Gasteiger partial charge in [0.15, 0.2) is 0 Å². The second kappa shape index (κ2) is 20.9. The van der Waals surface area contributed by atoms with E-state index in [1.165, 1.54) is 110 Å². The molecule has 0 unspecified atom stereocenters. The van der Waals surface area contributed by atoms with E-state index in [2.05, 4.69) is 308 Å². The highest BCUT2D eigenvalue weighted by atomic mass is 15.2. The normalized spacial score (nSPS) is 11.6. The van der Waals surface area contributed by atoms with Crippen molar-refractivity contribution in [1.82, 2.24) is 0 Å². The number of nitrogens with zero attached hydrogens (tertiary/aromatic N) is 2. The van der Waals surface area contributed by atoms with Crippen molar-refractivity contribution < 1.29 is 0 Å². The zero-order chi connectivity index (χ0) is 53.6. The molecule has 380 valence electrons. The Hall–Kier alpha value is -8.98. The molecule has 0 fully saturated rings. The summed E-state index contributed by atoms with van der Waals surface area (Å²) in [5.74, 6) is 0.973. The fourth-order valence-electron chi connectivity index (χ4n) is 11.9. The lowest BCUT2D eigenvalue weighted by molar-refractivity contribution is 0.867. The SMILES string of the molecule is Cc1ccc(N(c2ccc(-c3ccccc3-c3ccc(C(C)C)cc3)cc2)c2cc3c4ccccc4c(N(c4ccc(-c5ccccc5-c5ccc(C(C)C)cc5)cc4)c4ccc(C)cc4C)cc3c3ccccc23)c(C)c1. The molecule has 0 N–H and O–H groups in total. The number of fused-ring (bicyclic) bond motifs is 5. The molecular formula is C76H66N2. The lowest BCUT2D eigenvalue weighted by Crippen LogP contribution is -2.13. The molecule has 0 aliphatic carbocycles. The average Bonchev–Trinajstić information content (AvgIpc) is 3.62. The van der Waals surface area contributed by atoms with Crippen LogP contribution in [-0.2, 0) is 0 Å². The highest BCUT2D eigenvalue weighted by molar-refractivity contribution is 6.24. The van der Waals surface area contributed by atoms with E-state index in [0.29, 0.717) is 11.8 Å². The molecule has 12 aromatic rings. The minimum absolute atomic E-state index is 0.486. The molecule has 0 radical (unpaired) electrons. The molecule has 0 saturated heterocycles. The molecule has 12 rings (SSSR count). The maximum atomic E-state index is 2.49. The highest BCUT2D eigenvalue weighted by Crippen LogP contribution is 2.49. The Bertz CT molecular complexity index is 3890. The number of hydrogen-bond acceptors (Lipinski definition) is 2. The van der Waals surface area contributed by atoms with Crippen LogP contribution < -0.4 is 9.80 Å². The third-order valence-corrected chi connectivity index (χ3v) is 16.0. The highest BCUT2D eigenvalue weighted by Gasteiger charge is 2.24. The number of hydrogen-bond donors (Lipinski definition) is 0. The van der Waals surface area contributed by atoms with E-state index >= 15 is 0 Å². The number of rotatable bonds is 12. The van der Waals surface area contributed by atoms with Crippen LogP contribution in [0.4, 0.5) is 34.1 Å². The lowest BCUT2D eigenvalue weighted by Gasteiger charge is -2.31. The number of benzene rings is 12. The summed E-state index contributed by atoms with van der Waals surface area (Å²) in [6.45, 7) is 17.9. The molecule has 0 aromatic heterocycles. The quantitative estimate of drug-likeness (QED) is 0.113. The van der Waals surface area contributed by atoms with Crippen molar-refractivity contribution >= 4 is 66.4 Å². The summed E-state index contributed by atoms with van der Waals surface area (Å²) in [5.41, 5.74) is 24.1. The first-order valence-electron chi connectivity index (χ1n) is 27.7. The van der Waals surface area contributed by atoms with Crippen LogP contribution in [0.15, 0.2) is 243 Å². The van der Waals surface area contributed by atoms with Crippen molar-refractivity contribution in [3.63, 3.8) is 0 Å². The van der Waals surface area contributed by atoms with Gasteiger partial charge in [0.1, 0.15) is 0 Å². The van der Waals surface area contributed by atoms with Crippen molar-refractivity contribution in [2.45, 2.75) is 67.2 Å². The molecular weight excluding hydrogens is 941 g/mol. The van der Waals surface area contributed by atoms with Gasteiger partial charge in [0.2, 0.25) is 0 Å². The van der Waals surface area contributed by atoms with Gasteiger partial charge < -0.3 is 9.80 Å². The Morgan fingerprint density at radius 2 is 0.551 bits per heavy atom. The van der Waals surface area contributed by atoms with Crippen LogP contribution in [0.1, 0.15) is 72.9 Å². The first kappa shape index (κ1) is 49.9. The van der Waals surface area contributed by atoms with Gasteiger partial charge in [-0.15, -0.1) is 0 Å². The zero-order valence-corrected chi connectivity index (χ0v) is 46.1. The largest absolute Gasteiger partial charge is 0.310 e. The van der Waals surface area contributed by atoms with Gasteiger partial charge in [-0.3, -0.25) is 0 Å². The van der Waals surface area contributed by atoms with Crippen LogP contribution in [0.2, 0.25) is 0 Å². The van der Waals surface area contributed by atoms with Crippen LogP contribution in [0.5, 0.6) is 0 Å². The monoisotopic (exact) mass is 1010 g/mol. The topological polar surface area (TPSA) is 6.48 Å². The van der Waals surface area contributed by atoms with E-state index in [1.54, 1.807) is 0 Å². The third kappa shape index (κ3) is 9.32. The maximum Gasteiger partial charge on any atom is 0.0546 e. The molecule has 0 aliphatic heterocycles. The fourth-order valence-corrected chi connectivity index (χ4v) is 11.9. The molecule has 0 aliphatic rings. The van der Waals surface area contributed by atoms with Crippen molar-refractivity contribution in [1.29, 1.82) is 0 Å². The van der Waals surface area contributed by atoms with E-state index in [0.717, 1.165) is 34.1 Å². The summed E-state index contributed by atoms with van der Waals surface area (Å²) in [6, 6.07) is 90.9. The molecule has 2 nitrogen and oxygen atoms in total. The average molecular weight is 1010 g/mol. The van der Waals surface area contributed by atoms with E-state index in [1.807, 2.05) is 0 Å².